The Bertz CT molecular complexity index is 651. The lowest BCUT2D eigenvalue weighted by Gasteiger charge is -2.18. The molecular formula is C13H18FN5O3. The minimum absolute atomic E-state index is 0.158. The Hall–Kier alpha value is -2.28. The van der Waals surface area contributed by atoms with Crippen LogP contribution >= 0.6 is 0 Å². The summed E-state index contributed by atoms with van der Waals surface area (Å²) < 4.78 is 15.9. The van der Waals surface area contributed by atoms with E-state index in [1.807, 2.05) is 6.07 Å². The van der Waals surface area contributed by atoms with Gasteiger partial charge in [0.15, 0.2) is 0 Å². The lowest BCUT2D eigenvalue weighted by atomic mass is 10.2. The van der Waals surface area contributed by atoms with E-state index in [0.717, 1.165) is 0 Å². The molecule has 2 rings (SSSR count). The zero-order valence-corrected chi connectivity index (χ0v) is 12.3. The van der Waals surface area contributed by atoms with E-state index in [0.29, 0.717) is 18.2 Å². The third kappa shape index (κ3) is 3.48. The van der Waals surface area contributed by atoms with Crippen LogP contribution in [-0.4, -0.2) is 51.7 Å². The van der Waals surface area contributed by atoms with Crippen molar-refractivity contribution < 1.29 is 19.3 Å². The predicted octanol–water partition coefficient (Wildman–Crippen LogP) is 0.359. The molecular weight excluding hydrogens is 293 g/mol. The second-order valence-corrected chi connectivity index (χ2v) is 4.28. The van der Waals surface area contributed by atoms with Crippen molar-refractivity contribution in [2.45, 2.75) is 18.8 Å². The minimum Gasteiger partial charge on any atom is -0.394 e. The molecule has 0 bridgehead atoms. The molecule has 120 valence electrons. The third-order valence-electron chi connectivity index (χ3n) is 3.09. The van der Waals surface area contributed by atoms with Gasteiger partial charge in [-0.3, -0.25) is 4.39 Å². The summed E-state index contributed by atoms with van der Waals surface area (Å²) >= 11 is 0. The summed E-state index contributed by atoms with van der Waals surface area (Å²) in [5.74, 6) is 0.183. The van der Waals surface area contributed by atoms with E-state index in [-0.39, 0.29) is 24.4 Å². The Morgan fingerprint density at radius 1 is 1.50 bits per heavy atom. The van der Waals surface area contributed by atoms with E-state index < -0.39 is 12.3 Å². The lowest BCUT2D eigenvalue weighted by Crippen LogP contribution is -2.22. The number of hydrogen-bond acceptors (Lipinski definition) is 7. The number of nitrogens with zero attached hydrogens (tertiary/aromatic N) is 4. The van der Waals surface area contributed by atoms with Crippen molar-refractivity contribution in [3.05, 3.63) is 18.1 Å². The van der Waals surface area contributed by atoms with Crippen LogP contribution in [0.4, 0.5) is 10.2 Å². The first-order chi connectivity index (χ1) is 10.6. The van der Waals surface area contributed by atoms with Gasteiger partial charge in [-0.15, -0.1) is 0 Å². The fourth-order valence-corrected chi connectivity index (χ4v) is 2.01. The van der Waals surface area contributed by atoms with Gasteiger partial charge in [0.25, 0.3) is 0 Å². The summed E-state index contributed by atoms with van der Waals surface area (Å²) in [7, 11) is 1.95. The van der Waals surface area contributed by atoms with Gasteiger partial charge in [0.2, 0.25) is 0 Å². The number of nitrogen functional groups attached to an aromatic ring is 1. The number of halogens is 1. The van der Waals surface area contributed by atoms with Gasteiger partial charge in [-0.1, -0.05) is 0 Å². The Balaban J connectivity index is 0.00000116. The molecule has 9 heteroatoms. The highest BCUT2D eigenvalue weighted by Crippen LogP contribution is 2.26. The van der Waals surface area contributed by atoms with Gasteiger partial charge < -0.3 is 25.3 Å². The van der Waals surface area contributed by atoms with Crippen LogP contribution in [0.3, 0.4) is 0 Å². The molecule has 2 aromatic rings. The molecule has 0 aromatic carbocycles. The molecule has 0 saturated heterocycles. The van der Waals surface area contributed by atoms with E-state index in [9.17, 15) is 9.50 Å². The monoisotopic (exact) mass is 311 g/mol. The summed E-state index contributed by atoms with van der Waals surface area (Å²) in [4.78, 5) is 7.89. The van der Waals surface area contributed by atoms with Crippen molar-refractivity contribution in [1.29, 1.82) is 5.26 Å². The number of hydrogen-bond donors (Lipinski definition) is 3. The molecule has 0 amide bonds. The van der Waals surface area contributed by atoms with E-state index in [2.05, 4.69) is 9.97 Å². The Labute approximate surface area is 126 Å². The molecule has 4 N–H and O–H groups in total. The van der Waals surface area contributed by atoms with Crippen LogP contribution in [0.2, 0.25) is 0 Å². The molecule has 22 heavy (non-hydrogen) atoms. The summed E-state index contributed by atoms with van der Waals surface area (Å²) in [6.07, 6.45) is 1.39. The molecule has 2 atom stereocenters. The second-order valence-electron chi connectivity index (χ2n) is 4.28. The Morgan fingerprint density at radius 3 is 2.73 bits per heavy atom. The quantitative estimate of drug-likeness (QED) is 0.726. The molecule has 0 aliphatic heterocycles. The number of fused-ring (bicyclic) bond motifs is 1. The van der Waals surface area contributed by atoms with Gasteiger partial charge in [0, 0.05) is 19.7 Å². The maximum atomic E-state index is 10.2. The molecule has 0 radical (unpaired) electrons. The van der Waals surface area contributed by atoms with Crippen molar-refractivity contribution in [2.75, 3.05) is 26.6 Å². The highest BCUT2D eigenvalue weighted by atomic mass is 19.1. The summed E-state index contributed by atoms with van der Waals surface area (Å²) in [6, 6.07) is 1.99. The SMILES string of the molecule is CF.COC(CO)CC(O)n1cc(C#N)c2c(N)ncnc21. The fraction of sp³-hybridized carbons (Fsp3) is 0.462. The molecule has 0 fully saturated rings. The van der Waals surface area contributed by atoms with Crippen LogP contribution in [-0.2, 0) is 4.74 Å². The van der Waals surface area contributed by atoms with Gasteiger partial charge in [0.05, 0.1) is 30.8 Å². The first-order valence-electron chi connectivity index (χ1n) is 6.33. The topological polar surface area (TPSA) is 130 Å². The molecule has 0 spiro atoms. The molecule has 2 aromatic heterocycles. The average molecular weight is 311 g/mol. The van der Waals surface area contributed by atoms with E-state index in [4.69, 9.17) is 20.8 Å². The van der Waals surface area contributed by atoms with Gasteiger partial charge in [0.1, 0.15) is 30.1 Å². The summed E-state index contributed by atoms with van der Waals surface area (Å²) in [5.41, 5.74) is 6.39. The van der Waals surface area contributed by atoms with Gasteiger partial charge in [-0.05, 0) is 0 Å². The maximum Gasteiger partial charge on any atom is 0.148 e. The van der Waals surface area contributed by atoms with E-state index >= 15 is 0 Å². The van der Waals surface area contributed by atoms with Crippen molar-refractivity contribution >= 4 is 16.9 Å². The van der Waals surface area contributed by atoms with Crippen molar-refractivity contribution in [3.8, 4) is 6.07 Å². The molecule has 8 nitrogen and oxygen atoms in total. The highest BCUT2D eigenvalue weighted by Gasteiger charge is 2.20. The highest BCUT2D eigenvalue weighted by molar-refractivity contribution is 5.91. The number of nitrogens with two attached hydrogens (primary N) is 1. The van der Waals surface area contributed by atoms with Crippen LogP contribution in [0, 0.1) is 11.3 Å². The first kappa shape index (κ1) is 17.8. The summed E-state index contributed by atoms with van der Waals surface area (Å²) in [5, 5.41) is 28.8. The molecule has 2 heterocycles. The number of nitriles is 1. The maximum absolute atomic E-state index is 10.2. The lowest BCUT2D eigenvalue weighted by molar-refractivity contribution is -0.0111. The van der Waals surface area contributed by atoms with Crippen molar-refractivity contribution in [1.82, 2.24) is 14.5 Å². The predicted molar refractivity (Wildman–Crippen MR) is 77.4 cm³/mol. The zero-order chi connectivity index (χ0) is 16.7. The normalized spacial score (nSPS) is 13.1. The van der Waals surface area contributed by atoms with Crippen LogP contribution in [0.15, 0.2) is 12.5 Å². The number of methoxy groups -OCH3 is 1. The van der Waals surface area contributed by atoms with Crippen LogP contribution < -0.4 is 5.73 Å². The minimum atomic E-state index is -0.994. The van der Waals surface area contributed by atoms with E-state index in [1.54, 1.807) is 0 Å². The fourth-order valence-electron chi connectivity index (χ4n) is 2.01. The largest absolute Gasteiger partial charge is 0.394 e. The second kappa shape index (κ2) is 8.23. The number of aliphatic hydroxyl groups is 2. The van der Waals surface area contributed by atoms with Gasteiger partial charge in [-0.2, -0.15) is 5.26 Å². The van der Waals surface area contributed by atoms with Crippen LogP contribution in [0.1, 0.15) is 18.2 Å². The molecule has 2 unspecified atom stereocenters. The van der Waals surface area contributed by atoms with Crippen molar-refractivity contribution in [2.24, 2.45) is 0 Å². The number of alkyl halides is 1. The Morgan fingerprint density at radius 2 is 2.18 bits per heavy atom. The Kier molecular flexibility index (Phi) is 6.65. The molecule has 0 aliphatic carbocycles. The average Bonchev–Trinajstić information content (AvgIpc) is 2.94. The van der Waals surface area contributed by atoms with Gasteiger partial charge in [-0.25, -0.2) is 9.97 Å². The number of anilines is 1. The van der Waals surface area contributed by atoms with Crippen LogP contribution in [0.5, 0.6) is 0 Å². The number of rotatable bonds is 5. The van der Waals surface area contributed by atoms with Gasteiger partial charge >= 0.3 is 0 Å². The van der Waals surface area contributed by atoms with Crippen LogP contribution in [0.25, 0.3) is 11.0 Å². The number of ether oxygens (including phenoxy) is 1. The van der Waals surface area contributed by atoms with E-state index in [1.165, 1.54) is 24.2 Å². The number of aliphatic hydroxyl groups excluding tert-OH is 2. The molecule has 0 saturated carbocycles. The smallest absolute Gasteiger partial charge is 0.148 e. The third-order valence-corrected chi connectivity index (χ3v) is 3.09. The standard InChI is InChI=1S/C12H15N5O3.CH3F/c1-20-8(5-18)2-9(19)17-4-7(3-13)10-11(14)15-6-16-12(10)17;1-2/h4,6,8-9,18-19H,2,5H2,1H3,(H2,14,15,16);1H3. The summed E-state index contributed by atoms with van der Waals surface area (Å²) in [6.45, 7) is -0.213. The molecule has 0 aliphatic rings. The number of aromatic nitrogens is 3. The first-order valence-corrected chi connectivity index (χ1v) is 6.33. The van der Waals surface area contributed by atoms with Crippen molar-refractivity contribution in [3.63, 3.8) is 0 Å². The zero-order valence-electron chi connectivity index (χ0n) is 12.3.